The second kappa shape index (κ2) is 11.3. The summed E-state index contributed by atoms with van der Waals surface area (Å²) in [5, 5.41) is 8.06. The molecule has 1 aliphatic carbocycles. The molecule has 0 bridgehead atoms. The lowest BCUT2D eigenvalue weighted by Gasteiger charge is -2.45. The third kappa shape index (κ3) is 6.28. The van der Waals surface area contributed by atoms with Gasteiger partial charge in [-0.2, -0.15) is 26.3 Å². The molecule has 2 aromatic heterocycles. The smallest absolute Gasteiger partial charge is 0.418 e. The van der Waals surface area contributed by atoms with Crippen molar-refractivity contribution in [2.24, 2.45) is 0 Å². The van der Waals surface area contributed by atoms with Crippen LogP contribution >= 0.6 is 0 Å². The molecule has 0 aliphatic heterocycles. The van der Waals surface area contributed by atoms with Crippen molar-refractivity contribution < 1.29 is 45.3 Å². The minimum absolute atomic E-state index is 0.0159. The lowest BCUT2D eigenvalue weighted by molar-refractivity contribution is -0.138. The fraction of sp³-hybridized carbons (Fsp3) is 0.400. The number of benzene rings is 2. The maximum atomic E-state index is 14.2. The number of aromatic nitrogens is 3. The predicted molar refractivity (Wildman–Crippen MR) is 145 cm³/mol. The average Bonchev–Trinajstić information content (AvgIpc) is 3.32. The third-order valence-electron chi connectivity index (χ3n) is 7.57. The molecule has 0 radical (unpaired) electrons. The average molecular weight is 610 g/mol. The highest BCUT2D eigenvalue weighted by Gasteiger charge is 2.45. The summed E-state index contributed by atoms with van der Waals surface area (Å²) in [6.07, 6.45) is -7.48. The van der Waals surface area contributed by atoms with Crippen LogP contribution in [0.15, 0.2) is 48.7 Å². The fourth-order valence-electron chi connectivity index (χ4n) is 5.38. The van der Waals surface area contributed by atoms with Gasteiger partial charge in [0.2, 0.25) is 0 Å². The van der Waals surface area contributed by atoms with Crippen molar-refractivity contribution >= 4 is 11.0 Å². The van der Waals surface area contributed by atoms with Crippen molar-refractivity contribution in [3.63, 3.8) is 0 Å². The Labute approximate surface area is 243 Å². The van der Waals surface area contributed by atoms with E-state index in [0.29, 0.717) is 19.4 Å². The van der Waals surface area contributed by atoms with Crippen LogP contribution in [-0.4, -0.2) is 41.4 Å². The molecule has 0 spiro atoms. The Kier molecular flexibility index (Phi) is 8.07. The molecule has 7 nitrogen and oxygen atoms in total. The number of halogens is 6. The Morgan fingerprint density at radius 3 is 2.26 bits per heavy atom. The van der Waals surface area contributed by atoms with Crippen molar-refractivity contribution in [2.75, 3.05) is 21.0 Å². The van der Waals surface area contributed by atoms with E-state index >= 15 is 0 Å². The minimum Gasteiger partial charge on any atom is -0.497 e. The van der Waals surface area contributed by atoms with E-state index in [0.717, 1.165) is 29.6 Å². The number of rotatable bonds is 9. The maximum absolute atomic E-state index is 14.2. The Balaban J connectivity index is 1.46. The molecule has 13 heteroatoms. The molecule has 5 rings (SSSR count). The van der Waals surface area contributed by atoms with Gasteiger partial charge in [0, 0.05) is 30.3 Å². The van der Waals surface area contributed by atoms with Crippen LogP contribution in [0.2, 0.25) is 0 Å². The number of aryl methyl sites for hydroxylation is 1. The summed E-state index contributed by atoms with van der Waals surface area (Å²) in [6, 6.07) is 9.92. The zero-order valence-electron chi connectivity index (χ0n) is 23.8. The van der Waals surface area contributed by atoms with Gasteiger partial charge >= 0.3 is 12.4 Å². The van der Waals surface area contributed by atoms with E-state index in [2.05, 4.69) is 10.2 Å². The summed E-state index contributed by atoms with van der Waals surface area (Å²) in [5.41, 5.74) is -1.38. The van der Waals surface area contributed by atoms with Crippen LogP contribution in [-0.2, 0) is 28.4 Å². The standard InChI is InChI=1S/C30H29F6N3O4/c1-17-9-19(29(31,32)33)10-25(42-16-40-3)26(17)24-11-22-23(30(34,35)36)14-39(27(22)38-37-24)20-12-28(2,13-20)43-15-18-5-7-21(41-4)8-6-18/h5-11,14,20H,12-13,15-16H2,1-4H3. The van der Waals surface area contributed by atoms with Crippen LogP contribution in [0.25, 0.3) is 22.3 Å². The SMILES string of the molecule is COCOc1cc(C(F)(F)F)cc(C)c1-c1cc2c(C(F)(F)F)cn(C3CC(C)(OCc4ccc(OC)cc4)C3)c2nn1. The minimum atomic E-state index is -4.72. The first kappa shape index (κ1) is 30.6. The first-order chi connectivity index (χ1) is 20.2. The first-order valence-electron chi connectivity index (χ1n) is 13.3. The molecule has 0 amide bonds. The van der Waals surface area contributed by atoms with Gasteiger partial charge in [0.05, 0.1) is 36.1 Å². The molecule has 43 heavy (non-hydrogen) atoms. The number of hydrogen-bond acceptors (Lipinski definition) is 6. The van der Waals surface area contributed by atoms with Gasteiger partial charge in [-0.05, 0) is 68.1 Å². The van der Waals surface area contributed by atoms with Gasteiger partial charge < -0.3 is 23.5 Å². The number of fused-ring (bicyclic) bond motifs is 1. The molecule has 0 atom stereocenters. The monoisotopic (exact) mass is 609 g/mol. The van der Waals surface area contributed by atoms with Crippen molar-refractivity contribution in [3.8, 4) is 22.8 Å². The van der Waals surface area contributed by atoms with E-state index in [1.807, 2.05) is 31.2 Å². The van der Waals surface area contributed by atoms with Gasteiger partial charge in [0.1, 0.15) is 11.5 Å². The van der Waals surface area contributed by atoms with Crippen molar-refractivity contribution in [3.05, 3.63) is 70.9 Å². The summed E-state index contributed by atoms with van der Waals surface area (Å²) in [5.74, 6) is 0.481. The molecule has 0 unspecified atom stereocenters. The molecule has 1 saturated carbocycles. The van der Waals surface area contributed by atoms with Crippen molar-refractivity contribution in [1.82, 2.24) is 14.8 Å². The molecule has 4 aromatic rings. The zero-order valence-corrected chi connectivity index (χ0v) is 23.8. The van der Waals surface area contributed by atoms with Gasteiger partial charge in [0.25, 0.3) is 0 Å². The predicted octanol–water partition coefficient (Wildman–Crippen LogP) is 7.75. The molecule has 2 aromatic carbocycles. The van der Waals surface area contributed by atoms with Crippen molar-refractivity contribution in [1.29, 1.82) is 0 Å². The summed E-state index contributed by atoms with van der Waals surface area (Å²) < 4.78 is 106. The molecular weight excluding hydrogens is 580 g/mol. The largest absolute Gasteiger partial charge is 0.497 e. The lowest BCUT2D eigenvalue weighted by Crippen LogP contribution is -2.44. The number of nitrogens with zero attached hydrogens (tertiary/aromatic N) is 3. The van der Waals surface area contributed by atoms with Gasteiger partial charge in [-0.1, -0.05) is 12.1 Å². The van der Waals surface area contributed by atoms with Gasteiger partial charge in [-0.3, -0.25) is 0 Å². The molecule has 0 saturated heterocycles. The number of methoxy groups -OCH3 is 2. The molecule has 2 heterocycles. The van der Waals surface area contributed by atoms with E-state index in [9.17, 15) is 26.3 Å². The first-order valence-corrected chi connectivity index (χ1v) is 13.3. The second-order valence-electron chi connectivity index (χ2n) is 10.8. The quantitative estimate of drug-likeness (QED) is 0.143. The Morgan fingerprint density at radius 2 is 1.65 bits per heavy atom. The number of hydrogen-bond donors (Lipinski definition) is 0. The zero-order chi connectivity index (χ0) is 31.2. The van der Waals surface area contributed by atoms with Gasteiger partial charge in [0.15, 0.2) is 12.4 Å². The number of ether oxygens (including phenoxy) is 4. The highest BCUT2D eigenvalue weighted by atomic mass is 19.4. The van der Waals surface area contributed by atoms with Crippen LogP contribution in [0.5, 0.6) is 11.5 Å². The summed E-state index contributed by atoms with van der Waals surface area (Å²) in [6.45, 7) is 3.25. The molecule has 1 aliphatic rings. The lowest BCUT2D eigenvalue weighted by atomic mass is 9.76. The summed E-state index contributed by atoms with van der Waals surface area (Å²) in [7, 11) is 2.87. The van der Waals surface area contributed by atoms with Crippen LogP contribution in [0, 0.1) is 6.92 Å². The summed E-state index contributed by atoms with van der Waals surface area (Å²) >= 11 is 0. The third-order valence-corrected chi connectivity index (χ3v) is 7.57. The van der Waals surface area contributed by atoms with E-state index < -0.39 is 29.1 Å². The van der Waals surface area contributed by atoms with Crippen LogP contribution < -0.4 is 9.47 Å². The van der Waals surface area contributed by atoms with E-state index in [4.69, 9.17) is 18.9 Å². The highest BCUT2D eigenvalue weighted by Crippen LogP contribution is 2.48. The Hall–Kier alpha value is -3.84. The topological polar surface area (TPSA) is 67.6 Å². The maximum Gasteiger partial charge on any atom is 0.418 e. The fourth-order valence-corrected chi connectivity index (χ4v) is 5.38. The summed E-state index contributed by atoms with van der Waals surface area (Å²) in [4.78, 5) is 0. The van der Waals surface area contributed by atoms with Crippen molar-refractivity contribution in [2.45, 2.75) is 57.3 Å². The van der Waals surface area contributed by atoms with Gasteiger partial charge in [-0.25, -0.2) is 0 Å². The van der Waals surface area contributed by atoms with Gasteiger partial charge in [-0.15, -0.1) is 10.2 Å². The highest BCUT2D eigenvalue weighted by molar-refractivity contribution is 5.86. The van der Waals surface area contributed by atoms with Crippen LogP contribution in [0.4, 0.5) is 26.3 Å². The van der Waals surface area contributed by atoms with Crippen LogP contribution in [0.1, 0.15) is 48.1 Å². The number of alkyl halides is 6. The van der Waals surface area contributed by atoms with E-state index in [1.165, 1.54) is 24.7 Å². The normalized spacial score (nSPS) is 19.0. The molecule has 230 valence electrons. The van der Waals surface area contributed by atoms with E-state index in [-0.39, 0.29) is 46.4 Å². The molecular formula is C30H29F6N3O4. The Bertz CT molecular complexity index is 1610. The molecule has 1 fully saturated rings. The molecule has 0 N–H and O–H groups in total. The Morgan fingerprint density at radius 1 is 0.953 bits per heavy atom. The second-order valence-corrected chi connectivity index (χ2v) is 10.8. The van der Waals surface area contributed by atoms with Crippen LogP contribution in [0.3, 0.4) is 0 Å². The van der Waals surface area contributed by atoms with E-state index in [1.54, 1.807) is 7.11 Å².